The molecule has 1 fully saturated rings. The first-order chi connectivity index (χ1) is 13.0. The molecule has 2 atom stereocenters. The highest BCUT2D eigenvalue weighted by atomic mass is 19.2. The summed E-state index contributed by atoms with van der Waals surface area (Å²) in [5.74, 6) is -1.52. The van der Waals surface area contributed by atoms with Crippen LogP contribution in [0.4, 0.5) is 14.6 Å². The number of halogens is 2. The van der Waals surface area contributed by atoms with E-state index in [1.54, 1.807) is 10.9 Å². The number of benzene rings is 1. The van der Waals surface area contributed by atoms with Gasteiger partial charge in [0.1, 0.15) is 5.82 Å². The van der Waals surface area contributed by atoms with Crippen molar-refractivity contribution in [3.63, 3.8) is 0 Å². The van der Waals surface area contributed by atoms with Crippen LogP contribution in [-0.2, 0) is 11.3 Å². The first-order valence-electron chi connectivity index (χ1n) is 8.73. The van der Waals surface area contributed by atoms with Crippen LogP contribution in [-0.4, -0.2) is 31.7 Å². The van der Waals surface area contributed by atoms with Crippen molar-refractivity contribution in [1.29, 1.82) is 0 Å². The van der Waals surface area contributed by atoms with E-state index in [9.17, 15) is 13.6 Å². The summed E-state index contributed by atoms with van der Waals surface area (Å²) in [5.41, 5.74) is 1.43. The molecule has 3 aromatic rings. The molecule has 1 aromatic carbocycles. The largest absolute Gasteiger partial charge is 0.364 e. The van der Waals surface area contributed by atoms with Gasteiger partial charge in [0, 0.05) is 36.9 Å². The summed E-state index contributed by atoms with van der Waals surface area (Å²) in [6.45, 7) is 2.72. The van der Waals surface area contributed by atoms with Gasteiger partial charge in [-0.05, 0) is 13.3 Å². The zero-order valence-electron chi connectivity index (χ0n) is 14.6. The van der Waals surface area contributed by atoms with Crippen LogP contribution in [0.1, 0.15) is 31.4 Å². The van der Waals surface area contributed by atoms with Crippen molar-refractivity contribution >= 4 is 22.8 Å². The molecule has 1 aliphatic heterocycles. The fourth-order valence-corrected chi connectivity index (χ4v) is 3.25. The lowest BCUT2D eigenvalue weighted by atomic mass is 9.94. The van der Waals surface area contributed by atoms with Crippen LogP contribution in [0.5, 0.6) is 0 Å². The highest BCUT2D eigenvalue weighted by Crippen LogP contribution is 2.27. The van der Waals surface area contributed by atoms with E-state index in [4.69, 9.17) is 0 Å². The molecule has 1 amide bonds. The number of rotatable bonds is 4. The monoisotopic (exact) mass is 372 g/mol. The lowest BCUT2D eigenvalue weighted by molar-refractivity contribution is -0.123. The van der Waals surface area contributed by atoms with Crippen LogP contribution < -0.4 is 10.6 Å². The number of amides is 1. The van der Waals surface area contributed by atoms with Crippen molar-refractivity contribution in [3.8, 4) is 0 Å². The second-order valence-electron chi connectivity index (χ2n) is 6.47. The number of aryl methyl sites for hydroxylation is 1. The van der Waals surface area contributed by atoms with Crippen LogP contribution in [0.25, 0.3) is 11.0 Å². The minimum absolute atomic E-state index is 0.0237. The third-order valence-corrected chi connectivity index (χ3v) is 4.66. The van der Waals surface area contributed by atoms with Crippen molar-refractivity contribution < 1.29 is 13.6 Å². The molecule has 3 heterocycles. The van der Waals surface area contributed by atoms with Gasteiger partial charge in [-0.2, -0.15) is 5.10 Å². The maximum atomic E-state index is 13.5. The summed E-state index contributed by atoms with van der Waals surface area (Å²) in [4.78, 5) is 20.4. The molecule has 27 heavy (non-hydrogen) atoms. The Balaban J connectivity index is 1.61. The lowest BCUT2D eigenvalue weighted by Gasteiger charge is -2.32. The van der Waals surface area contributed by atoms with Crippen LogP contribution in [0.15, 0.2) is 30.7 Å². The second kappa shape index (κ2) is 6.90. The summed E-state index contributed by atoms with van der Waals surface area (Å²) in [5, 5.41) is 10.5. The van der Waals surface area contributed by atoms with Crippen molar-refractivity contribution in [3.05, 3.63) is 47.9 Å². The van der Waals surface area contributed by atoms with Gasteiger partial charge in [-0.3, -0.25) is 14.5 Å². The van der Waals surface area contributed by atoms with Gasteiger partial charge < -0.3 is 10.6 Å². The zero-order chi connectivity index (χ0) is 19.0. The first kappa shape index (κ1) is 17.3. The van der Waals surface area contributed by atoms with Gasteiger partial charge in [-0.1, -0.05) is 0 Å². The Morgan fingerprint density at radius 2 is 2.04 bits per heavy atom. The number of carbonyl (C=O) groups excluding carboxylic acids is 1. The fraction of sp³-hybridized carbons (Fsp3) is 0.333. The Hall–Kier alpha value is -3.10. The zero-order valence-corrected chi connectivity index (χ0v) is 14.6. The van der Waals surface area contributed by atoms with Crippen molar-refractivity contribution in [2.24, 2.45) is 0 Å². The molecular formula is C18H18F2N6O. The molecule has 2 N–H and O–H groups in total. The molecular weight excluding hydrogens is 354 g/mol. The average molecular weight is 372 g/mol. The van der Waals surface area contributed by atoms with E-state index in [-0.39, 0.29) is 29.0 Å². The number of anilines is 1. The molecule has 0 spiro atoms. The molecule has 0 radical (unpaired) electrons. The number of hydrogen-bond donors (Lipinski definition) is 2. The molecule has 9 heteroatoms. The summed E-state index contributed by atoms with van der Waals surface area (Å²) in [7, 11) is 0. The second-order valence-corrected chi connectivity index (χ2v) is 6.47. The molecule has 0 saturated carbocycles. The average Bonchev–Trinajstić information content (AvgIpc) is 3.13. The van der Waals surface area contributed by atoms with Crippen LogP contribution in [0, 0.1) is 11.6 Å². The van der Waals surface area contributed by atoms with Crippen LogP contribution >= 0.6 is 0 Å². The number of aromatic nitrogens is 4. The van der Waals surface area contributed by atoms with Crippen LogP contribution in [0.2, 0.25) is 0 Å². The molecule has 2 aromatic heterocycles. The van der Waals surface area contributed by atoms with Gasteiger partial charge in [-0.15, -0.1) is 0 Å². The normalized spacial score (nSPS) is 19.9. The predicted octanol–water partition coefficient (Wildman–Crippen LogP) is 2.56. The molecule has 140 valence electrons. The number of piperidine rings is 1. The minimum atomic E-state index is -0.969. The highest BCUT2D eigenvalue weighted by molar-refractivity contribution is 5.78. The lowest BCUT2D eigenvalue weighted by Crippen LogP contribution is -2.45. The third kappa shape index (κ3) is 3.44. The third-order valence-electron chi connectivity index (χ3n) is 4.66. The molecule has 7 nitrogen and oxygen atoms in total. The summed E-state index contributed by atoms with van der Waals surface area (Å²) in [6.07, 6.45) is 6.10. The number of carbonyl (C=O) groups is 1. The number of hydrogen-bond acceptors (Lipinski definition) is 5. The summed E-state index contributed by atoms with van der Waals surface area (Å²) >= 11 is 0. The maximum Gasteiger partial charge on any atom is 0.220 e. The van der Waals surface area contributed by atoms with Gasteiger partial charge in [0.25, 0.3) is 0 Å². The van der Waals surface area contributed by atoms with E-state index in [1.165, 1.54) is 6.20 Å². The molecule has 0 aliphatic carbocycles. The SMILES string of the molecule is CCn1cc([C@@H]2NC(=O)CC[C@H]2Nc2cnc3cc(F)c(F)cc3n2)cn1. The van der Waals surface area contributed by atoms with Gasteiger partial charge in [0.15, 0.2) is 11.6 Å². The van der Waals surface area contributed by atoms with Gasteiger partial charge in [-0.25, -0.2) is 13.8 Å². The Bertz CT molecular complexity index is 1000. The number of fused-ring (bicyclic) bond motifs is 1. The Morgan fingerprint density at radius 1 is 1.26 bits per heavy atom. The summed E-state index contributed by atoms with van der Waals surface area (Å²) < 4.78 is 28.6. The predicted molar refractivity (Wildman–Crippen MR) is 94.9 cm³/mol. The highest BCUT2D eigenvalue weighted by Gasteiger charge is 2.31. The quantitative estimate of drug-likeness (QED) is 0.735. The van der Waals surface area contributed by atoms with E-state index in [0.717, 1.165) is 24.2 Å². The van der Waals surface area contributed by atoms with Crippen molar-refractivity contribution in [1.82, 2.24) is 25.1 Å². The van der Waals surface area contributed by atoms with Crippen LogP contribution in [0.3, 0.4) is 0 Å². The van der Waals surface area contributed by atoms with Crippen molar-refractivity contribution in [2.75, 3.05) is 5.32 Å². The van der Waals surface area contributed by atoms with E-state index in [1.807, 2.05) is 13.1 Å². The van der Waals surface area contributed by atoms with Crippen molar-refractivity contribution in [2.45, 2.75) is 38.4 Å². The molecule has 0 unspecified atom stereocenters. The van der Waals surface area contributed by atoms with Gasteiger partial charge in [0.2, 0.25) is 5.91 Å². The first-order valence-corrected chi connectivity index (χ1v) is 8.73. The molecule has 0 bridgehead atoms. The smallest absolute Gasteiger partial charge is 0.220 e. The molecule has 4 rings (SSSR count). The Labute approximate surface area is 153 Å². The summed E-state index contributed by atoms with van der Waals surface area (Å²) in [6, 6.07) is 1.64. The fourth-order valence-electron chi connectivity index (χ4n) is 3.25. The minimum Gasteiger partial charge on any atom is -0.364 e. The molecule has 1 aliphatic rings. The van der Waals surface area contributed by atoms with E-state index in [0.29, 0.717) is 18.7 Å². The maximum absolute atomic E-state index is 13.5. The standard InChI is InChI=1S/C18H18F2N6O/c1-2-26-9-10(7-22-26)18-13(3-4-17(27)25-18)23-16-8-21-14-5-11(19)12(20)6-15(14)24-16/h5-9,13,18H,2-4H2,1H3,(H,23,24)(H,25,27)/t13-,18+/m1/s1. The van der Waals surface area contributed by atoms with Gasteiger partial charge >= 0.3 is 0 Å². The Kier molecular flexibility index (Phi) is 4.43. The van der Waals surface area contributed by atoms with E-state index in [2.05, 4.69) is 25.7 Å². The van der Waals surface area contributed by atoms with E-state index < -0.39 is 11.6 Å². The number of nitrogens with one attached hydrogen (secondary N) is 2. The number of nitrogens with zero attached hydrogens (tertiary/aromatic N) is 4. The Morgan fingerprint density at radius 3 is 2.78 bits per heavy atom. The topological polar surface area (TPSA) is 84.7 Å². The van der Waals surface area contributed by atoms with E-state index >= 15 is 0 Å². The van der Waals surface area contributed by atoms with Gasteiger partial charge in [0.05, 0.1) is 35.5 Å². The molecule has 1 saturated heterocycles.